The Morgan fingerprint density at radius 2 is 2.00 bits per heavy atom. The predicted molar refractivity (Wildman–Crippen MR) is 96.8 cm³/mol. The predicted octanol–water partition coefficient (Wildman–Crippen LogP) is 3.27. The highest BCUT2D eigenvalue weighted by atomic mass is 19.1. The zero-order valence-corrected chi connectivity index (χ0v) is 14.7. The Hall–Kier alpha value is -3.35. The van der Waals surface area contributed by atoms with Crippen LogP contribution >= 0.6 is 0 Å². The summed E-state index contributed by atoms with van der Waals surface area (Å²) in [6.07, 6.45) is 3.31. The quantitative estimate of drug-likeness (QED) is 0.769. The minimum Gasteiger partial charge on any atom is -0.486 e. The number of hydrogen-bond donors (Lipinski definition) is 1. The van der Waals surface area contributed by atoms with Gasteiger partial charge in [-0.25, -0.2) is 9.07 Å². The van der Waals surface area contributed by atoms with Crippen LogP contribution in [0.4, 0.5) is 4.39 Å². The third-order valence-electron chi connectivity index (χ3n) is 4.36. The standard InChI is InChI=1S/C20H18FN3O3/c1-13(14-11-22-24(12-14)17-7-3-2-6-16(17)21)23-20(25)15-5-4-8-18-19(15)27-10-9-26-18/h2-8,11-13H,9-10H2,1H3,(H,23,25)/t13-/m1/s1. The van der Waals surface area contributed by atoms with E-state index in [2.05, 4.69) is 10.4 Å². The van der Waals surface area contributed by atoms with Crippen molar-refractivity contribution in [2.24, 2.45) is 0 Å². The van der Waals surface area contributed by atoms with Gasteiger partial charge in [0.1, 0.15) is 24.7 Å². The van der Waals surface area contributed by atoms with E-state index in [1.807, 2.05) is 6.92 Å². The molecule has 6 nitrogen and oxygen atoms in total. The van der Waals surface area contributed by atoms with Gasteiger partial charge in [0.05, 0.1) is 17.8 Å². The van der Waals surface area contributed by atoms with Crippen molar-refractivity contribution < 1.29 is 18.7 Å². The number of hydrogen-bond acceptors (Lipinski definition) is 4. The Morgan fingerprint density at radius 3 is 2.85 bits per heavy atom. The van der Waals surface area contributed by atoms with Crippen LogP contribution in [0.2, 0.25) is 0 Å². The van der Waals surface area contributed by atoms with Crippen LogP contribution in [0.3, 0.4) is 0 Å². The molecule has 0 saturated carbocycles. The van der Waals surface area contributed by atoms with Gasteiger partial charge in [0.15, 0.2) is 11.5 Å². The van der Waals surface area contributed by atoms with E-state index < -0.39 is 0 Å². The van der Waals surface area contributed by atoms with Crippen LogP contribution in [0.5, 0.6) is 11.5 Å². The number of rotatable bonds is 4. The van der Waals surface area contributed by atoms with Gasteiger partial charge < -0.3 is 14.8 Å². The lowest BCUT2D eigenvalue weighted by molar-refractivity contribution is 0.0929. The summed E-state index contributed by atoms with van der Waals surface area (Å²) in [4.78, 5) is 12.7. The highest BCUT2D eigenvalue weighted by molar-refractivity contribution is 5.98. The topological polar surface area (TPSA) is 65.4 Å². The Labute approximate surface area is 155 Å². The van der Waals surface area contributed by atoms with E-state index in [-0.39, 0.29) is 17.8 Å². The molecule has 7 heteroatoms. The van der Waals surface area contributed by atoms with Crippen LogP contribution in [0.1, 0.15) is 28.9 Å². The number of aromatic nitrogens is 2. The number of benzene rings is 2. The van der Waals surface area contributed by atoms with Crippen molar-refractivity contribution in [3.05, 3.63) is 71.8 Å². The van der Waals surface area contributed by atoms with E-state index in [1.165, 1.54) is 10.7 Å². The molecule has 27 heavy (non-hydrogen) atoms. The van der Waals surface area contributed by atoms with Crippen molar-refractivity contribution in [2.75, 3.05) is 13.2 Å². The highest BCUT2D eigenvalue weighted by Gasteiger charge is 2.22. The fourth-order valence-electron chi connectivity index (χ4n) is 2.94. The number of fused-ring (bicyclic) bond motifs is 1. The Bertz CT molecular complexity index is 986. The summed E-state index contributed by atoms with van der Waals surface area (Å²) < 4.78 is 26.5. The van der Waals surface area contributed by atoms with Gasteiger partial charge in [-0.3, -0.25) is 4.79 Å². The molecule has 1 aliphatic heterocycles. The largest absolute Gasteiger partial charge is 0.486 e. The molecule has 0 unspecified atom stereocenters. The maximum absolute atomic E-state index is 13.9. The summed E-state index contributed by atoms with van der Waals surface area (Å²) in [5.41, 5.74) is 1.53. The first-order valence-corrected chi connectivity index (χ1v) is 8.62. The van der Waals surface area contributed by atoms with Crippen LogP contribution < -0.4 is 14.8 Å². The number of nitrogens with one attached hydrogen (secondary N) is 1. The fraction of sp³-hybridized carbons (Fsp3) is 0.200. The van der Waals surface area contributed by atoms with Crippen molar-refractivity contribution in [1.82, 2.24) is 15.1 Å². The molecule has 0 saturated heterocycles. The van der Waals surface area contributed by atoms with E-state index in [1.54, 1.807) is 48.8 Å². The number of carbonyl (C=O) groups excluding carboxylic acids is 1. The molecule has 1 aromatic heterocycles. The first kappa shape index (κ1) is 17.1. The van der Waals surface area contributed by atoms with Crippen molar-refractivity contribution in [3.63, 3.8) is 0 Å². The Kier molecular flexibility index (Phi) is 4.50. The van der Waals surface area contributed by atoms with Crippen LogP contribution in [0.25, 0.3) is 5.69 Å². The molecule has 2 aromatic carbocycles. The minimum atomic E-state index is -0.364. The van der Waals surface area contributed by atoms with Crippen molar-refractivity contribution in [2.45, 2.75) is 13.0 Å². The first-order chi connectivity index (χ1) is 13.1. The number of nitrogens with zero attached hydrogens (tertiary/aromatic N) is 2. The van der Waals surface area contributed by atoms with Gasteiger partial charge in [-0.2, -0.15) is 5.10 Å². The van der Waals surface area contributed by atoms with Gasteiger partial charge in [-0.15, -0.1) is 0 Å². The lowest BCUT2D eigenvalue weighted by Crippen LogP contribution is -2.28. The average Bonchev–Trinajstić information content (AvgIpc) is 3.18. The molecule has 0 bridgehead atoms. The van der Waals surface area contributed by atoms with Crippen LogP contribution in [-0.2, 0) is 0 Å². The molecule has 4 rings (SSSR count). The molecule has 1 amide bonds. The lowest BCUT2D eigenvalue weighted by Gasteiger charge is -2.21. The van der Waals surface area contributed by atoms with Crippen molar-refractivity contribution in [3.8, 4) is 17.2 Å². The van der Waals surface area contributed by atoms with Gasteiger partial charge >= 0.3 is 0 Å². The third-order valence-corrected chi connectivity index (χ3v) is 4.36. The van der Waals surface area contributed by atoms with Gasteiger partial charge in [-0.05, 0) is 31.2 Å². The number of amides is 1. The van der Waals surface area contributed by atoms with E-state index >= 15 is 0 Å². The molecule has 1 aliphatic rings. The Balaban J connectivity index is 1.53. The van der Waals surface area contributed by atoms with Crippen LogP contribution in [0.15, 0.2) is 54.9 Å². The van der Waals surface area contributed by atoms with Gasteiger partial charge in [-0.1, -0.05) is 18.2 Å². The number of carbonyl (C=O) groups is 1. The second-order valence-corrected chi connectivity index (χ2v) is 6.19. The van der Waals surface area contributed by atoms with E-state index in [0.29, 0.717) is 36.0 Å². The minimum absolute atomic E-state index is 0.275. The maximum Gasteiger partial charge on any atom is 0.255 e. The maximum atomic E-state index is 13.9. The third kappa shape index (κ3) is 3.36. The zero-order valence-electron chi connectivity index (χ0n) is 14.7. The summed E-state index contributed by atoms with van der Waals surface area (Å²) in [5, 5.41) is 7.12. The van der Waals surface area contributed by atoms with Crippen molar-refractivity contribution in [1.29, 1.82) is 0 Å². The smallest absolute Gasteiger partial charge is 0.255 e. The molecule has 0 spiro atoms. The second-order valence-electron chi connectivity index (χ2n) is 6.19. The summed E-state index contributed by atoms with van der Waals surface area (Å²) in [6.45, 7) is 2.71. The summed E-state index contributed by atoms with van der Waals surface area (Å²) >= 11 is 0. The Morgan fingerprint density at radius 1 is 1.19 bits per heavy atom. The molecule has 2 heterocycles. The van der Waals surface area contributed by atoms with E-state index in [0.717, 1.165) is 5.56 Å². The normalized spacial score (nSPS) is 13.9. The molecule has 0 fully saturated rings. The van der Waals surface area contributed by atoms with E-state index in [4.69, 9.17) is 9.47 Å². The number of ether oxygens (including phenoxy) is 2. The molecular formula is C20H18FN3O3. The second kappa shape index (κ2) is 7.11. The van der Waals surface area contributed by atoms with Gasteiger partial charge in [0.25, 0.3) is 5.91 Å². The molecule has 3 aromatic rings. The molecular weight excluding hydrogens is 349 g/mol. The lowest BCUT2D eigenvalue weighted by atomic mass is 10.1. The average molecular weight is 367 g/mol. The number of halogens is 1. The summed E-state index contributed by atoms with van der Waals surface area (Å²) in [5.74, 6) is 0.379. The SMILES string of the molecule is C[C@@H](NC(=O)c1cccc2c1OCCO2)c1cnn(-c2ccccc2F)c1. The molecule has 0 radical (unpaired) electrons. The summed E-state index contributed by atoms with van der Waals surface area (Å²) in [7, 11) is 0. The monoisotopic (exact) mass is 367 g/mol. The molecule has 1 N–H and O–H groups in total. The van der Waals surface area contributed by atoms with E-state index in [9.17, 15) is 9.18 Å². The fourth-order valence-corrected chi connectivity index (χ4v) is 2.94. The molecule has 0 aliphatic carbocycles. The van der Waals surface area contributed by atoms with Crippen LogP contribution in [0, 0.1) is 5.82 Å². The first-order valence-electron chi connectivity index (χ1n) is 8.62. The highest BCUT2D eigenvalue weighted by Crippen LogP contribution is 2.33. The van der Waals surface area contributed by atoms with Crippen LogP contribution in [-0.4, -0.2) is 28.9 Å². The molecule has 1 atom stereocenters. The van der Waals surface area contributed by atoms with Gasteiger partial charge in [0, 0.05) is 11.8 Å². The zero-order chi connectivity index (χ0) is 18.8. The summed E-state index contributed by atoms with van der Waals surface area (Å²) in [6, 6.07) is 11.3. The van der Waals surface area contributed by atoms with Crippen molar-refractivity contribution >= 4 is 5.91 Å². The van der Waals surface area contributed by atoms with Gasteiger partial charge in [0.2, 0.25) is 0 Å². The molecule has 138 valence electrons. The number of para-hydroxylation sites is 2.